The zero-order valence-electron chi connectivity index (χ0n) is 15.2. The zero-order valence-corrected chi connectivity index (χ0v) is 16.0. The van der Waals surface area contributed by atoms with E-state index in [1.54, 1.807) is 23.4 Å². The fraction of sp³-hybridized carbons (Fsp3) is 0.182. The van der Waals surface area contributed by atoms with Crippen molar-refractivity contribution in [2.45, 2.75) is 12.5 Å². The number of rotatable bonds is 4. The van der Waals surface area contributed by atoms with Crippen LogP contribution in [-0.2, 0) is 0 Å². The van der Waals surface area contributed by atoms with E-state index in [1.165, 1.54) is 0 Å². The number of nitrogens with zero attached hydrogens (tertiary/aromatic N) is 3. The molecule has 0 unspecified atom stereocenters. The number of hydrogen-bond donors (Lipinski definition) is 0. The second kappa shape index (κ2) is 8.31. The van der Waals surface area contributed by atoms with Gasteiger partial charge >= 0.3 is 6.03 Å². The van der Waals surface area contributed by atoms with Crippen LogP contribution in [0.5, 0.6) is 5.75 Å². The maximum Gasteiger partial charge on any atom is 0.329 e. The highest BCUT2D eigenvalue weighted by Crippen LogP contribution is 2.29. The van der Waals surface area contributed by atoms with E-state index >= 15 is 0 Å². The molecule has 142 valence electrons. The number of halogens is 1. The summed E-state index contributed by atoms with van der Waals surface area (Å²) in [6, 6.07) is 21.0. The van der Waals surface area contributed by atoms with Crippen molar-refractivity contribution in [3.63, 3.8) is 0 Å². The number of aromatic nitrogens is 1. The summed E-state index contributed by atoms with van der Waals surface area (Å²) >= 11 is 6.14. The lowest BCUT2D eigenvalue weighted by atomic mass is 10.2. The molecular weight excluding hydrogens is 374 g/mol. The van der Waals surface area contributed by atoms with Crippen LogP contribution >= 0.6 is 11.6 Å². The Morgan fingerprint density at radius 1 is 1.04 bits per heavy atom. The highest BCUT2D eigenvalue weighted by atomic mass is 35.5. The van der Waals surface area contributed by atoms with Crippen LogP contribution in [0.4, 0.5) is 16.2 Å². The lowest BCUT2D eigenvalue weighted by molar-refractivity contribution is 0.192. The number of ether oxygens (including phenoxy) is 1. The molecule has 3 aromatic rings. The van der Waals surface area contributed by atoms with Gasteiger partial charge in [-0.3, -0.25) is 9.88 Å². The van der Waals surface area contributed by atoms with Gasteiger partial charge in [0.2, 0.25) is 0 Å². The molecule has 0 N–H and O–H groups in total. The highest BCUT2D eigenvalue weighted by Gasteiger charge is 2.32. The van der Waals surface area contributed by atoms with Crippen LogP contribution in [0.3, 0.4) is 0 Å². The highest BCUT2D eigenvalue weighted by molar-refractivity contribution is 6.31. The van der Waals surface area contributed by atoms with E-state index in [4.69, 9.17) is 16.3 Å². The minimum absolute atomic E-state index is 0.0654. The molecule has 1 fully saturated rings. The third-order valence-corrected chi connectivity index (χ3v) is 4.95. The van der Waals surface area contributed by atoms with Gasteiger partial charge in [-0.2, -0.15) is 0 Å². The molecule has 0 saturated carbocycles. The van der Waals surface area contributed by atoms with Gasteiger partial charge in [-0.1, -0.05) is 48.0 Å². The topological polar surface area (TPSA) is 45.7 Å². The van der Waals surface area contributed by atoms with Gasteiger partial charge in [0, 0.05) is 31.4 Å². The van der Waals surface area contributed by atoms with Crippen LogP contribution in [-0.4, -0.2) is 35.1 Å². The Balaban J connectivity index is 1.53. The van der Waals surface area contributed by atoms with Gasteiger partial charge in [-0.15, -0.1) is 0 Å². The number of anilines is 2. The summed E-state index contributed by atoms with van der Waals surface area (Å²) in [6.45, 7) is 1.13. The number of carbonyl (C=O) groups excluding carboxylic acids is 1. The molecule has 0 spiro atoms. The van der Waals surface area contributed by atoms with E-state index in [0.717, 1.165) is 17.8 Å². The van der Waals surface area contributed by atoms with E-state index in [2.05, 4.69) is 4.98 Å². The van der Waals surface area contributed by atoms with Crippen LogP contribution < -0.4 is 9.64 Å². The van der Waals surface area contributed by atoms with Crippen molar-refractivity contribution >= 4 is 29.0 Å². The summed E-state index contributed by atoms with van der Waals surface area (Å²) in [4.78, 5) is 20.9. The zero-order chi connectivity index (χ0) is 19.3. The molecule has 1 aliphatic heterocycles. The molecule has 1 aromatic heterocycles. The smallest absolute Gasteiger partial charge is 0.329 e. The van der Waals surface area contributed by atoms with Crippen LogP contribution in [0.25, 0.3) is 0 Å². The van der Waals surface area contributed by atoms with Gasteiger partial charge in [0.05, 0.1) is 17.9 Å². The maximum atomic E-state index is 13.4. The van der Waals surface area contributed by atoms with Crippen molar-refractivity contribution in [1.29, 1.82) is 0 Å². The largest absolute Gasteiger partial charge is 0.487 e. The first-order valence-corrected chi connectivity index (χ1v) is 9.55. The number of carbonyl (C=O) groups is 1. The quantitative estimate of drug-likeness (QED) is 0.616. The van der Waals surface area contributed by atoms with Gasteiger partial charge < -0.3 is 9.64 Å². The number of pyridine rings is 1. The molecule has 6 heteroatoms. The molecule has 2 heterocycles. The number of benzene rings is 2. The molecule has 1 atom stereocenters. The van der Waals surface area contributed by atoms with Crippen molar-refractivity contribution in [3.05, 3.63) is 84.1 Å². The summed E-state index contributed by atoms with van der Waals surface area (Å²) in [6.07, 6.45) is 3.85. The summed E-state index contributed by atoms with van der Waals surface area (Å²) in [7, 11) is 0. The van der Waals surface area contributed by atoms with E-state index < -0.39 is 0 Å². The molecule has 1 aliphatic rings. The lowest BCUT2D eigenvalue weighted by Gasteiger charge is -2.28. The van der Waals surface area contributed by atoms with Gasteiger partial charge in [-0.25, -0.2) is 4.79 Å². The van der Waals surface area contributed by atoms with Crippen molar-refractivity contribution in [2.75, 3.05) is 18.0 Å². The van der Waals surface area contributed by atoms with Crippen molar-refractivity contribution in [1.82, 2.24) is 9.88 Å². The van der Waals surface area contributed by atoms with E-state index in [-0.39, 0.29) is 12.1 Å². The number of hydrogen-bond acceptors (Lipinski definition) is 3. The van der Waals surface area contributed by atoms with E-state index in [0.29, 0.717) is 23.9 Å². The molecule has 2 aromatic carbocycles. The van der Waals surface area contributed by atoms with Crippen molar-refractivity contribution < 1.29 is 9.53 Å². The molecule has 28 heavy (non-hydrogen) atoms. The van der Waals surface area contributed by atoms with Gasteiger partial charge in [0.1, 0.15) is 16.9 Å². The Labute approximate surface area is 169 Å². The number of amides is 2. The third kappa shape index (κ3) is 3.94. The van der Waals surface area contributed by atoms with E-state index in [1.807, 2.05) is 65.6 Å². The third-order valence-electron chi connectivity index (χ3n) is 4.66. The summed E-state index contributed by atoms with van der Waals surface area (Å²) < 4.78 is 5.99. The minimum atomic E-state index is -0.0998. The maximum absolute atomic E-state index is 13.4. The summed E-state index contributed by atoms with van der Waals surface area (Å²) in [5.74, 6) is 0.596. The molecule has 0 aliphatic carbocycles. The van der Waals surface area contributed by atoms with Crippen LogP contribution in [0.15, 0.2) is 79.1 Å². The first-order chi connectivity index (χ1) is 13.7. The number of likely N-dealkylation sites (tertiary alicyclic amines) is 1. The molecule has 0 radical (unpaired) electrons. The fourth-order valence-electron chi connectivity index (χ4n) is 3.30. The molecule has 2 amide bonds. The van der Waals surface area contributed by atoms with Gasteiger partial charge in [0.25, 0.3) is 0 Å². The average molecular weight is 394 g/mol. The first-order valence-electron chi connectivity index (χ1n) is 9.17. The Morgan fingerprint density at radius 3 is 2.29 bits per heavy atom. The van der Waals surface area contributed by atoms with Crippen LogP contribution in [0.2, 0.25) is 5.02 Å². The standard InChI is InChI=1S/C22H20ClN3O2/c23-20-15-24-13-11-21(20)28-19-12-14-25(16-19)22(27)26(17-7-3-1-4-8-17)18-9-5-2-6-10-18/h1-11,13,15,19H,12,14,16H2/t19-/m1/s1. The molecule has 5 nitrogen and oxygen atoms in total. The molecule has 4 rings (SSSR count). The molecular formula is C22H20ClN3O2. The predicted octanol–water partition coefficient (Wildman–Crippen LogP) is 5.15. The van der Waals surface area contributed by atoms with E-state index in [9.17, 15) is 4.79 Å². The lowest BCUT2D eigenvalue weighted by Crippen LogP contribution is -2.40. The minimum Gasteiger partial charge on any atom is -0.487 e. The SMILES string of the molecule is O=C(N1CC[C@@H](Oc2ccncc2Cl)C1)N(c1ccccc1)c1ccccc1. The predicted molar refractivity (Wildman–Crippen MR) is 110 cm³/mol. The van der Waals surface area contributed by atoms with Gasteiger partial charge in [0.15, 0.2) is 0 Å². The Kier molecular flexibility index (Phi) is 5.44. The summed E-state index contributed by atoms with van der Waals surface area (Å²) in [5.41, 5.74) is 1.67. The Morgan fingerprint density at radius 2 is 1.68 bits per heavy atom. The second-order valence-electron chi connectivity index (χ2n) is 6.57. The van der Waals surface area contributed by atoms with Crippen molar-refractivity contribution in [2.24, 2.45) is 0 Å². The number of urea groups is 1. The fourth-order valence-corrected chi connectivity index (χ4v) is 3.47. The van der Waals surface area contributed by atoms with Crippen LogP contribution in [0.1, 0.15) is 6.42 Å². The second-order valence-corrected chi connectivity index (χ2v) is 6.98. The number of para-hydroxylation sites is 2. The molecule has 0 bridgehead atoms. The Bertz CT molecular complexity index is 897. The van der Waals surface area contributed by atoms with Crippen LogP contribution in [0, 0.1) is 0 Å². The van der Waals surface area contributed by atoms with Crippen molar-refractivity contribution in [3.8, 4) is 5.75 Å². The average Bonchev–Trinajstić information content (AvgIpc) is 3.20. The normalized spacial score (nSPS) is 16.0. The molecule has 1 saturated heterocycles. The first kappa shape index (κ1) is 18.3. The monoisotopic (exact) mass is 393 g/mol. The summed E-state index contributed by atoms with van der Waals surface area (Å²) in [5, 5.41) is 0.475. The van der Waals surface area contributed by atoms with Gasteiger partial charge in [-0.05, 0) is 24.3 Å². The Hall–Kier alpha value is -3.05.